The van der Waals surface area contributed by atoms with E-state index in [0.29, 0.717) is 17.3 Å². The van der Waals surface area contributed by atoms with E-state index in [-0.39, 0.29) is 0 Å². The molecule has 0 radical (unpaired) electrons. The topological polar surface area (TPSA) is 43.8 Å². The molecule has 0 fully saturated rings. The van der Waals surface area contributed by atoms with Gasteiger partial charge in [-0.1, -0.05) is 35.9 Å². The minimum absolute atomic E-state index is 0.330. The molecular formula is C25H27ClN2O2S. The van der Waals surface area contributed by atoms with E-state index in [4.69, 9.17) is 11.6 Å². The van der Waals surface area contributed by atoms with Crippen LogP contribution in [0.25, 0.3) is 0 Å². The molecule has 1 N–H and O–H groups in total. The lowest BCUT2D eigenvalue weighted by Crippen LogP contribution is -2.29. The molecule has 1 heterocycles. The Labute approximate surface area is 191 Å². The number of benzene rings is 3. The van der Waals surface area contributed by atoms with Crippen LogP contribution in [-0.4, -0.2) is 34.4 Å². The van der Waals surface area contributed by atoms with Gasteiger partial charge in [-0.2, -0.15) is 0 Å². The molecule has 1 atom stereocenters. The summed E-state index contributed by atoms with van der Waals surface area (Å²) in [6.45, 7) is 6.52. The Bertz CT molecular complexity index is 1150. The molecule has 162 valence electrons. The molecule has 31 heavy (non-hydrogen) atoms. The zero-order chi connectivity index (χ0) is 22.1. The van der Waals surface area contributed by atoms with Gasteiger partial charge in [-0.15, -0.1) is 0 Å². The first kappa shape index (κ1) is 21.9. The lowest BCUT2D eigenvalue weighted by atomic mass is 10.1. The van der Waals surface area contributed by atoms with Crippen LogP contribution in [0.3, 0.4) is 0 Å². The number of hydrogen-bond acceptors (Lipinski definition) is 4. The number of rotatable bonds is 6. The number of anilines is 2. The number of phenolic OH excluding ortho intramolecular Hbond substituents is 1. The van der Waals surface area contributed by atoms with Crippen LogP contribution < -0.4 is 4.90 Å². The van der Waals surface area contributed by atoms with Crippen LogP contribution in [0.1, 0.15) is 23.1 Å². The van der Waals surface area contributed by atoms with Crippen LogP contribution in [0, 0.1) is 13.8 Å². The van der Waals surface area contributed by atoms with E-state index in [9.17, 15) is 9.32 Å². The number of phenols is 1. The highest BCUT2D eigenvalue weighted by molar-refractivity contribution is 7.85. The molecule has 0 saturated heterocycles. The van der Waals surface area contributed by atoms with Gasteiger partial charge < -0.3 is 14.9 Å². The first-order valence-corrected chi connectivity index (χ1v) is 11.9. The average molecular weight is 455 g/mol. The van der Waals surface area contributed by atoms with Crippen molar-refractivity contribution in [2.24, 2.45) is 0 Å². The van der Waals surface area contributed by atoms with Gasteiger partial charge >= 0.3 is 0 Å². The summed E-state index contributed by atoms with van der Waals surface area (Å²) < 4.78 is 13.3. The Kier molecular flexibility index (Phi) is 6.37. The maximum atomic E-state index is 13.3. The Balaban J connectivity index is 1.57. The van der Waals surface area contributed by atoms with Gasteiger partial charge in [0.15, 0.2) is 0 Å². The van der Waals surface area contributed by atoms with Crippen LogP contribution in [0.15, 0.2) is 64.4 Å². The summed E-state index contributed by atoms with van der Waals surface area (Å²) in [5.74, 6) is 0.330. The highest BCUT2D eigenvalue weighted by Gasteiger charge is 2.30. The molecule has 4 rings (SSSR count). The Morgan fingerprint density at radius 1 is 1.06 bits per heavy atom. The van der Waals surface area contributed by atoms with Crippen molar-refractivity contribution in [3.63, 3.8) is 0 Å². The smallest absolute Gasteiger partial charge is 0.120 e. The van der Waals surface area contributed by atoms with E-state index in [0.717, 1.165) is 51.8 Å². The van der Waals surface area contributed by atoms with Crippen molar-refractivity contribution < 1.29 is 9.32 Å². The van der Waals surface area contributed by atoms with Crippen LogP contribution in [-0.2, 0) is 17.3 Å². The minimum Gasteiger partial charge on any atom is -0.508 e. The molecule has 0 amide bonds. The molecular weight excluding hydrogens is 428 g/mol. The lowest BCUT2D eigenvalue weighted by Gasteiger charge is -2.35. The fourth-order valence-electron chi connectivity index (χ4n) is 4.10. The third kappa shape index (κ3) is 4.36. The number of hydrogen-bond donors (Lipinski definition) is 1. The van der Waals surface area contributed by atoms with Gasteiger partial charge in [0.1, 0.15) is 5.75 Å². The van der Waals surface area contributed by atoms with E-state index < -0.39 is 10.8 Å². The van der Waals surface area contributed by atoms with Crippen molar-refractivity contribution >= 4 is 33.8 Å². The van der Waals surface area contributed by atoms with Crippen molar-refractivity contribution in [1.82, 2.24) is 4.90 Å². The fourth-order valence-corrected chi connectivity index (χ4v) is 5.69. The number of halogens is 1. The Hall–Kier alpha value is -2.34. The molecule has 3 aromatic rings. The first-order chi connectivity index (χ1) is 14.9. The number of fused-ring (bicyclic) bond motifs is 2. The van der Waals surface area contributed by atoms with Crippen molar-refractivity contribution in [2.75, 3.05) is 25.0 Å². The van der Waals surface area contributed by atoms with Gasteiger partial charge in [0, 0.05) is 23.7 Å². The van der Waals surface area contributed by atoms with Crippen molar-refractivity contribution in [3.8, 4) is 5.75 Å². The number of aromatic hydroxyl groups is 1. The molecule has 1 aliphatic rings. The van der Waals surface area contributed by atoms with Crippen LogP contribution >= 0.6 is 11.6 Å². The molecule has 0 bridgehead atoms. The quantitative estimate of drug-likeness (QED) is 0.511. The molecule has 4 nitrogen and oxygen atoms in total. The number of para-hydroxylation sites is 1. The van der Waals surface area contributed by atoms with Crippen LogP contribution in [0.5, 0.6) is 5.75 Å². The van der Waals surface area contributed by atoms with Gasteiger partial charge in [-0.25, -0.2) is 4.21 Å². The van der Waals surface area contributed by atoms with Crippen molar-refractivity contribution in [2.45, 2.75) is 36.6 Å². The summed E-state index contributed by atoms with van der Waals surface area (Å²) in [5.41, 5.74) is 5.22. The highest BCUT2D eigenvalue weighted by atomic mass is 35.5. The monoisotopic (exact) mass is 454 g/mol. The summed E-state index contributed by atoms with van der Waals surface area (Å²) in [5, 5.41) is 10.7. The molecule has 6 heteroatoms. The van der Waals surface area contributed by atoms with Gasteiger partial charge in [-0.3, -0.25) is 0 Å². The molecule has 0 aromatic heterocycles. The number of nitrogens with zero attached hydrogens (tertiary/aromatic N) is 2. The molecule has 3 aromatic carbocycles. The molecule has 1 unspecified atom stereocenters. The predicted octanol–water partition coefficient (Wildman–Crippen LogP) is 5.80. The second-order valence-corrected chi connectivity index (χ2v) is 9.96. The fraction of sp³-hybridized carbons (Fsp3) is 0.280. The van der Waals surface area contributed by atoms with E-state index in [2.05, 4.69) is 30.7 Å². The standard InChI is InChI=1S/C25H27ClN2O2S/c1-17-9-11-24-25(18(17)2)28(21-15-20(26)10-12-23(21)31(24)30)14-6-13-27(3)16-19-7-4-5-8-22(19)29/h4-5,7-12,15,29H,6,13-14,16H2,1-3H3. The van der Waals surface area contributed by atoms with Crippen LogP contribution in [0.4, 0.5) is 11.4 Å². The third-order valence-corrected chi connectivity index (χ3v) is 7.61. The number of aryl methyl sites for hydroxylation is 1. The Morgan fingerprint density at radius 3 is 2.58 bits per heavy atom. The Morgan fingerprint density at radius 2 is 1.81 bits per heavy atom. The average Bonchev–Trinajstić information content (AvgIpc) is 2.74. The van der Waals surface area contributed by atoms with Gasteiger partial charge in [0.25, 0.3) is 0 Å². The van der Waals surface area contributed by atoms with E-state index in [1.807, 2.05) is 48.5 Å². The first-order valence-electron chi connectivity index (χ1n) is 10.4. The predicted molar refractivity (Wildman–Crippen MR) is 128 cm³/mol. The van der Waals surface area contributed by atoms with Gasteiger partial charge in [-0.05, 0) is 75.3 Å². The largest absolute Gasteiger partial charge is 0.508 e. The highest BCUT2D eigenvalue weighted by Crippen LogP contribution is 2.45. The summed E-state index contributed by atoms with van der Waals surface area (Å²) in [4.78, 5) is 6.15. The normalized spacial score (nSPS) is 15.1. The summed E-state index contributed by atoms with van der Waals surface area (Å²) in [6, 6.07) is 17.1. The second-order valence-electron chi connectivity index (χ2n) is 8.11. The SMILES string of the molecule is Cc1ccc2c(c1C)N(CCCN(C)Cc1ccccc1O)c1cc(Cl)ccc1S2=O. The second kappa shape index (κ2) is 9.03. The third-order valence-electron chi connectivity index (χ3n) is 5.90. The zero-order valence-corrected chi connectivity index (χ0v) is 19.6. The van der Waals surface area contributed by atoms with Crippen LogP contribution in [0.2, 0.25) is 5.02 Å². The molecule has 0 aliphatic carbocycles. The maximum Gasteiger partial charge on any atom is 0.120 e. The summed E-state index contributed by atoms with van der Waals surface area (Å²) in [6.07, 6.45) is 0.912. The summed E-state index contributed by atoms with van der Waals surface area (Å²) >= 11 is 6.32. The van der Waals surface area contributed by atoms with Crippen molar-refractivity contribution in [1.29, 1.82) is 0 Å². The maximum absolute atomic E-state index is 13.3. The van der Waals surface area contributed by atoms with Crippen molar-refractivity contribution in [3.05, 3.63) is 76.3 Å². The molecule has 0 spiro atoms. The minimum atomic E-state index is -1.22. The van der Waals surface area contributed by atoms with Gasteiger partial charge in [0.2, 0.25) is 0 Å². The van der Waals surface area contributed by atoms with Gasteiger partial charge in [0.05, 0.1) is 32.0 Å². The van der Waals surface area contributed by atoms with E-state index >= 15 is 0 Å². The summed E-state index contributed by atoms with van der Waals surface area (Å²) in [7, 11) is 0.842. The van der Waals surface area contributed by atoms with E-state index in [1.54, 1.807) is 6.07 Å². The van der Waals surface area contributed by atoms with E-state index in [1.165, 1.54) is 5.56 Å². The molecule has 0 saturated carbocycles. The lowest BCUT2D eigenvalue weighted by molar-refractivity contribution is 0.317. The zero-order valence-electron chi connectivity index (χ0n) is 18.1. The molecule has 1 aliphatic heterocycles.